The van der Waals surface area contributed by atoms with E-state index in [9.17, 15) is 0 Å². The fourth-order valence-corrected chi connectivity index (χ4v) is 1.19. The molecule has 0 heterocycles. The van der Waals surface area contributed by atoms with Gasteiger partial charge in [0, 0.05) is 5.57 Å². The van der Waals surface area contributed by atoms with E-state index in [2.05, 4.69) is 28.5 Å². The zero-order valence-electron chi connectivity index (χ0n) is 7.07. The van der Waals surface area contributed by atoms with Gasteiger partial charge >= 0.3 is 0 Å². The van der Waals surface area contributed by atoms with Gasteiger partial charge in [0.25, 0.3) is 0 Å². The van der Waals surface area contributed by atoms with Crippen LogP contribution < -0.4 is 0 Å². The summed E-state index contributed by atoms with van der Waals surface area (Å²) in [6.07, 6.45) is 9.26. The van der Waals surface area contributed by atoms with Gasteiger partial charge in [-0.3, -0.25) is 0 Å². The molecule has 1 heteroatoms. The molecular weight excluding hydrogens is 271 g/mol. The van der Waals surface area contributed by atoms with Crippen molar-refractivity contribution in [1.82, 2.24) is 0 Å². The molecule has 1 aromatic carbocycles. The highest BCUT2D eigenvalue weighted by Gasteiger charge is 1.93. The summed E-state index contributed by atoms with van der Waals surface area (Å²) in [5.41, 5.74) is 1.99. The zero-order chi connectivity index (χ0) is 9.52. The maximum absolute atomic E-state index is 5.39. The Hall–Kier alpha value is -1.01. The van der Waals surface area contributed by atoms with E-state index >= 15 is 0 Å². The first-order valence-electron chi connectivity index (χ1n) is 3.87. The molecule has 0 amide bonds. The van der Waals surface area contributed by atoms with E-state index in [4.69, 9.17) is 6.42 Å². The number of rotatable bonds is 2. The molecule has 0 radical (unpaired) electrons. The second kappa shape index (κ2) is 5.60. The SMILES string of the molecule is C#CC(=CC=CI)c1ccccc1. The molecule has 0 aromatic heterocycles. The van der Waals surface area contributed by atoms with Crippen LogP contribution in [0.5, 0.6) is 0 Å². The van der Waals surface area contributed by atoms with E-state index in [1.54, 1.807) is 0 Å². The number of allylic oxidation sites excluding steroid dienone is 3. The molecule has 0 spiro atoms. The van der Waals surface area contributed by atoms with Crippen LogP contribution in [0, 0.1) is 12.3 Å². The highest BCUT2D eigenvalue weighted by atomic mass is 127. The molecule has 0 N–H and O–H groups in total. The molecule has 1 rings (SSSR count). The average Bonchev–Trinajstić information content (AvgIpc) is 2.21. The smallest absolute Gasteiger partial charge is 0.0315 e. The predicted octanol–water partition coefficient (Wildman–Crippen LogP) is 3.65. The Labute approximate surface area is 92.5 Å². The van der Waals surface area contributed by atoms with Gasteiger partial charge in [0.15, 0.2) is 0 Å². The molecule has 0 nitrogen and oxygen atoms in total. The van der Waals surface area contributed by atoms with E-state index in [1.165, 1.54) is 0 Å². The quantitative estimate of drug-likeness (QED) is 0.440. The van der Waals surface area contributed by atoms with Crippen molar-refractivity contribution >= 4 is 28.2 Å². The normalized spacial score (nSPS) is 11.5. The lowest BCUT2D eigenvalue weighted by atomic mass is 10.1. The van der Waals surface area contributed by atoms with Crippen LogP contribution in [0.3, 0.4) is 0 Å². The van der Waals surface area contributed by atoms with Gasteiger partial charge in [-0.2, -0.15) is 0 Å². The van der Waals surface area contributed by atoms with Gasteiger partial charge in [-0.25, -0.2) is 0 Å². The molecule has 0 saturated heterocycles. The Kier molecular flexibility index (Phi) is 4.34. The van der Waals surface area contributed by atoms with Crippen molar-refractivity contribution < 1.29 is 0 Å². The average molecular weight is 280 g/mol. The highest BCUT2D eigenvalue weighted by Crippen LogP contribution is 2.12. The van der Waals surface area contributed by atoms with Crippen LogP contribution in [0.2, 0.25) is 0 Å². The first-order valence-corrected chi connectivity index (χ1v) is 5.12. The topological polar surface area (TPSA) is 0 Å². The molecule has 0 atom stereocenters. The lowest BCUT2D eigenvalue weighted by molar-refractivity contribution is 1.63. The summed E-state index contributed by atoms with van der Waals surface area (Å²) in [7, 11) is 0. The highest BCUT2D eigenvalue weighted by molar-refractivity contribution is 14.1. The Balaban J connectivity index is 3.00. The Morgan fingerprint density at radius 1 is 1.31 bits per heavy atom. The minimum atomic E-state index is 0.911. The Morgan fingerprint density at radius 3 is 2.54 bits per heavy atom. The second-order valence-electron chi connectivity index (χ2n) is 2.41. The van der Waals surface area contributed by atoms with E-state index < -0.39 is 0 Å². The van der Waals surface area contributed by atoms with Crippen molar-refractivity contribution in [3.8, 4) is 12.3 Å². The van der Waals surface area contributed by atoms with Crippen LogP contribution >= 0.6 is 22.6 Å². The zero-order valence-corrected chi connectivity index (χ0v) is 9.23. The Bertz CT molecular complexity index is 352. The number of hydrogen-bond donors (Lipinski definition) is 0. The number of terminal acetylenes is 1. The maximum atomic E-state index is 5.39. The third kappa shape index (κ3) is 3.08. The van der Waals surface area contributed by atoms with E-state index in [-0.39, 0.29) is 0 Å². The van der Waals surface area contributed by atoms with Crippen molar-refractivity contribution in [2.75, 3.05) is 0 Å². The summed E-state index contributed by atoms with van der Waals surface area (Å²) in [6.45, 7) is 0. The number of benzene rings is 1. The minimum absolute atomic E-state index is 0.911. The van der Waals surface area contributed by atoms with Crippen molar-refractivity contribution in [2.24, 2.45) is 0 Å². The molecule has 0 aliphatic rings. The second-order valence-corrected chi connectivity index (χ2v) is 3.13. The standard InChI is InChI=1S/C12H9I/c1-2-11(9-6-10-13)12-7-4-3-5-8-12/h1,3-10H. The maximum Gasteiger partial charge on any atom is 0.0315 e. The largest absolute Gasteiger partial charge is 0.115 e. The molecule has 0 unspecified atom stereocenters. The van der Waals surface area contributed by atoms with Gasteiger partial charge in [-0.1, -0.05) is 64.9 Å². The van der Waals surface area contributed by atoms with Crippen LogP contribution in [0.4, 0.5) is 0 Å². The molecule has 64 valence electrons. The van der Waals surface area contributed by atoms with Crippen LogP contribution in [0.25, 0.3) is 5.57 Å². The summed E-state index contributed by atoms with van der Waals surface area (Å²) in [6, 6.07) is 9.95. The van der Waals surface area contributed by atoms with E-state index in [1.807, 2.05) is 46.6 Å². The first kappa shape index (κ1) is 10.1. The molecule has 0 aliphatic carbocycles. The molecule has 0 fully saturated rings. The van der Waals surface area contributed by atoms with Crippen molar-refractivity contribution in [3.63, 3.8) is 0 Å². The number of halogens is 1. The summed E-state index contributed by atoms with van der Waals surface area (Å²) in [5.74, 6) is 2.66. The van der Waals surface area contributed by atoms with Crippen LogP contribution in [-0.4, -0.2) is 0 Å². The van der Waals surface area contributed by atoms with Gasteiger partial charge in [-0.05, 0) is 15.7 Å². The van der Waals surface area contributed by atoms with Gasteiger partial charge in [0.1, 0.15) is 0 Å². The molecule has 0 bridgehead atoms. The molecular formula is C12H9I. The fraction of sp³-hybridized carbons (Fsp3) is 0. The monoisotopic (exact) mass is 280 g/mol. The van der Waals surface area contributed by atoms with Crippen LogP contribution in [0.15, 0.2) is 46.6 Å². The van der Waals surface area contributed by atoms with Crippen LogP contribution in [-0.2, 0) is 0 Å². The van der Waals surface area contributed by atoms with Gasteiger partial charge < -0.3 is 0 Å². The first-order chi connectivity index (χ1) is 6.38. The van der Waals surface area contributed by atoms with Crippen molar-refractivity contribution in [3.05, 3.63) is 52.1 Å². The molecule has 0 saturated carbocycles. The fourth-order valence-electron chi connectivity index (χ4n) is 0.978. The van der Waals surface area contributed by atoms with Gasteiger partial charge in [-0.15, -0.1) is 6.42 Å². The third-order valence-electron chi connectivity index (χ3n) is 1.58. The van der Waals surface area contributed by atoms with E-state index in [0.717, 1.165) is 11.1 Å². The molecule has 1 aromatic rings. The summed E-state index contributed by atoms with van der Waals surface area (Å²) in [5, 5.41) is 0. The minimum Gasteiger partial charge on any atom is -0.115 e. The summed E-state index contributed by atoms with van der Waals surface area (Å²) >= 11 is 2.16. The predicted molar refractivity (Wildman–Crippen MR) is 66.4 cm³/mol. The summed E-state index contributed by atoms with van der Waals surface area (Å²) in [4.78, 5) is 0. The Morgan fingerprint density at radius 2 is 2.00 bits per heavy atom. The molecule has 13 heavy (non-hydrogen) atoms. The van der Waals surface area contributed by atoms with Crippen LogP contribution in [0.1, 0.15) is 5.56 Å². The molecule has 0 aliphatic heterocycles. The van der Waals surface area contributed by atoms with Crippen molar-refractivity contribution in [2.45, 2.75) is 0 Å². The van der Waals surface area contributed by atoms with Crippen molar-refractivity contribution in [1.29, 1.82) is 0 Å². The van der Waals surface area contributed by atoms with E-state index in [0.29, 0.717) is 0 Å². The number of hydrogen-bond acceptors (Lipinski definition) is 0. The third-order valence-corrected chi connectivity index (χ3v) is 1.99. The van der Waals surface area contributed by atoms with Gasteiger partial charge in [0.2, 0.25) is 0 Å². The summed E-state index contributed by atoms with van der Waals surface area (Å²) < 4.78 is 1.93. The lowest BCUT2D eigenvalue weighted by Crippen LogP contribution is -1.78. The lowest BCUT2D eigenvalue weighted by Gasteiger charge is -1.97. The van der Waals surface area contributed by atoms with Gasteiger partial charge in [0.05, 0.1) is 0 Å².